The van der Waals surface area contributed by atoms with Crippen LogP contribution < -0.4 is 15.4 Å². The van der Waals surface area contributed by atoms with Gasteiger partial charge in [-0.1, -0.05) is 54.7 Å². The molecule has 1 unspecified atom stereocenters. The third-order valence-corrected chi connectivity index (χ3v) is 4.85. The van der Waals surface area contributed by atoms with Gasteiger partial charge in [-0.3, -0.25) is 5.32 Å². The highest BCUT2D eigenvalue weighted by Gasteiger charge is 2.18. The highest BCUT2D eigenvalue weighted by atomic mass is 32.1. The molecule has 3 rings (SSSR count). The zero-order valence-electron chi connectivity index (χ0n) is 14.6. The van der Waals surface area contributed by atoms with Crippen LogP contribution in [0.4, 0.5) is 15.6 Å². The van der Waals surface area contributed by atoms with Crippen molar-refractivity contribution in [1.82, 2.24) is 10.2 Å². The zero-order chi connectivity index (χ0) is 18.4. The summed E-state index contributed by atoms with van der Waals surface area (Å²) in [5.74, 6) is 0.848. The maximum atomic E-state index is 12.2. The van der Waals surface area contributed by atoms with E-state index in [9.17, 15) is 4.79 Å². The van der Waals surface area contributed by atoms with Gasteiger partial charge in [-0.15, -0.1) is 10.2 Å². The second-order valence-corrected chi connectivity index (χ2v) is 6.64. The molecule has 1 atom stereocenters. The molecular weight excluding hydrogens is 348 g/mol. The number of anilines is 2. The molecule has 0 aliphatic rings. The molecule has 134 valence electrons. The first-order chi connectivity index (χ1) is 12.7. The number of hydrogen-bond acceptors (Lipinski definition) is 5. The molecule has 2 aromatic carbocycles. The molecule has 7 heteroatoms. The standard InChI is InChI=1S/C19H20N4O2S/c1-3-16(13-8-5-4-6-9-13)17-22-23-19(26-17)21-18(24)20-14-10-7-11-15(12-14)25-2/h4-12,16H,3H2,1-2H3,(H2,20,21,23,24). The van der Waals surface area contributed by atoms with Gasteiger partial charge in [0, 0.05) is 17.7 Å². The molecule has 3 aromatic rings. The molecule has 0 saturated carbocycles. The number of nitrogens with one attached hydrogen (secondary N) is 2. The van der Waals surface area contributed by atoms with Crippen molar-refractivity contribution in [2.75, 3.05) is 17.7 Å². The first-order valence-corrected chi connectivity index (χ1v) is 9.11. The van der Waals surface area contributed by atoms with Gasteiger partial charge < -0.3 is 10.1 Å². The molecule has 0 bridgehead atoms. The van der Waals surface area contributed by atoms with Crippen molar-refractivity contribution in [1.29, 1.82) is 0 Å². The quantitative estimate of drug-likeness (QED) is 0.659. The Morgan fingerprint density at radius 2 is 1.92 bits per heavy atom. The summed E-state index contributed by atoms with van der Waals surface area (Å²) < 4.78 is 5.15. The van der Waals surface area contributed by atoms with E-state index in [4.69, 9.17) is 4.74 Å². The lowest BCUT2D eigenvalue weighted by Crippen LogP contribution is -2.19. The van der Waals surface area contributed by atoms with E-state index < -0.39 is 0 Å². The lowest BCUT2D eigenvalue weighted by molar-refractivity contribution is 0.262. The normalized spacial score (nSPS) is 11.6. The van der Waals surface area contributed by atoms with Gasteiger partial charge in [-0.05, 0) is 24.1 Å². The monoisotopic (exact) mass is 368 g/mol. The summed E-state index contributed by atoms with van der Waals surface area (Å²) in [5.41, 5.74) is 1.83. The van der Waals surface area contributed by atoms with E-state index in [1.54, 1.807) is 19.2 Å². The minimum atomic E-state index is -0.367. The SMILES string of the molecule is CCC(c1ccccc1)c1nnc(NC(=O)Nc2cccc(OC)c2)s1. The van der Waals surface area contributed by atoms with Gasteiger partial charge in [0.05, 0.1) is 7.11 Å². The summed E-state index contributed by atoms with van der Waals surface area (Å²) in [6, 6.07) is 17.0. The van der Waals surface area contributed by atoms with Crippen LogP contribution in [-0.2, 0) is 0 Å². The minimum absolute atomic E-state index is 0.172. The molecule has 0 aliphatic carbocycles. The Hall–Kier alpha value is -2.93. The number of carbonyl (C=O) groups is 1. The largest absolute Gasteiger partial charge is 0.497 e. The van der Waals surface area contributed by atoms with Crippen LogP contribution >= 0.6 is 11.3 Å². The molecule has 0 saturated heterocycles. The van der Waals surface area contributed by atoms with Crippen molar-refractivity contribution in [3.05, 3.63) is 65.2 Å². The van der Waals surface area contributed by atoms with Crippen LogP contribution in [-0.4, -0.2) is 23.3 Å². The van der Waals surface area contributed by atoms with E-state index in [-0.39, 0.29) is 11.9 Å². The maximum Gasteiger partial charge on any atom is 0.325 e. The average molecular weight is 368 g/mol. The number of aromatic nitrogens is 2. The zero-order valence-corrected chi connectivity index (χ0v) is 15.4. The number of amides is 2. The van der Waals surface area contributed by atoms with Gasteiger partial charge in [0.15, 0.2) is 0 Å². The van der Waals surface area contributed by atoms with Gasteiger partial charge in [0.2, 0.25) is 5.13 Å². The third-order valence-electron chi connectivity index (χ3n) is 3.90. The fraction of sp³-hybridized carbons (Fsp3) is 0.211. The summed E-state index contributed by atoms with van der Waals surface area (Å²) in [7, 11) is 1.58. The van der Waals surface area contributed by atoms with Gasteiger partial charge in [-0.2, -0.15) is 0 Å². The molecule has 6 nitrogen and oxygen atoms in total. The van der Waals surface area contributed by atoms with E-state index in [1.807, 2.05) is 30.3 Å². The number of ether oxygens (including phenoxy) is 1. The number of methoxy groups -OCH3 is 1. The van der Waals surface area contributed by atoms with Crippen LogP contribution in [0.15, 0.2) is 54.6 Å². The number of benzene rings is 2. The Morgan fingerprint density at radius 1 is 1.12 bits per heavy atom. The van der Waals surface area contributed by atoms with Crippen LogP contribution in [0.2, 0.25) is 0 Å². The Labute approximate surface area is 156 Å². The Morgan fingerprint density at radius 3 is 2.65 bits per heavy atom. The highest BCUT2D eigenvalue weighted by molar-refractivity contribution is 7.15. The summed E-state index contributed by atoms with van der Waals surface area (Å²) in [6.45, 7) is 2.11. The molecule has 2 amide bonds. The summed E-state index contributed by atoms with van der Waals surface area (Å²) in [6.07, 6.45) is 0.911. The van der Waals surface area contributed by atoms with Crippen LogP contribution in [0.1, 0.15) is 29.8 Å². The van der Waals surface area contributed by atoms with Crippen LogP contribution in [0, 0.1) is 0 Å². The fourth-order valence-corrected chi connectivity index (χ4v) is 3.57. The van der Waals surface area contributed by atoms with E-state index in [0.29, 0.717) is 16.6 Å². The van der Waals surface area contributed by atoms with Crippen molar-refractivity contribution in [2.24, 2.45) is 0 Å². The number of rotatable bonds is 6. The predicted octanol–water partition coefficient (Wildman–Crippen LogP) is 4.73. The first kappa shape index (κ1) is 17.9. The molecule has 0 fully saturated rings. The van der Waals surface area contributed by atoms with Gasteiger partial charge in [-0.25, -0.2) is 4.79 Å². The van der Waals surface area contributed by atoms with Crippen LogP contribution in [0.25, 0.3) is 0 Å². The average Bonchev–Trinajstić information content (AvgIpc) is 3.11. The number of carbonyl (C=O) groups excluding carboxylic acids is 1. The molecular formula is C19H20N4O2S. The van der Waals surface area contributed by atoms with Crippen molar-refractivity contribution in [3.8, 4) is 5.75 Å². The summed E-state index contributed by atoms with van der Waals surface area (Å²) >= 11 is 1.39. The van der Waals surface area contributed by atoms with Crippen molar-refractivity contribution in [3.63, 3.8) is 0 Å². The lowest BCUT2D eigenvalue weighted by Gasteiger charge is -2.11. The van der Waals surface area contributed by atoms with Gasteiger partial charge in [0.1, 0.15) is 10.8 Å². The molecule has 26 heavy (non-hydrogen) atoms. The van der Waals surface area contributed by atoms with Crippen LogP contribution in [0.3, 0.4) is 0 Å². The highest BCUT2D eigenvalue weighted by Crippen LogP contribution is 2.31. The lowest BCUT2D eigenvalue weighted by atomic mass is 9.97. The first-order valence-electron chi connectivity index (χ1n) is 8.30. The van der Waals surface area contributed by atoms with Crippen molar-refractivity contribution in [2.45, 2.75) is 19.3 Å². The molecule has 1 heterocycles. The van der Waals surface area contributed by atoms with Crippen molar-refractivity contribution >= 4 is 28.2 Å². The summed E-state index contributed by atoms with van der Waals surface area (Å²) in [4.78, 5) is 12.2. The Balaban J connectivity index is 1.66. The van der Waals surface area contributed by atoms with Crippen LogP contribution in [0.5, 0.6) is 5.75 Å². The smallest absolute Gasteiger partial charge is 0.325 e. The third kappa shape index (κ3) is 4.37. The Bertz CT molecular complexity index is 867. The van der Waals surface area contributed by atoms with E-state index in [1.165, 1.54) is 16.9 Å². The molecule has 2 N–H and O–H groups in total. The van der Waals surface area contributed by atoms with Crippen molar-refractivity contribution < 1.29 is 9.53 Å². The van der Waals surface area contributed by atoms with Gasteiger partial charge >= 0.3 is 6.03 Å². The predicted molar refractivity (Wildman–Crippen MR) is 104 cm³/mol. The fourth-order valence-electron chi connectivity index (χ4n) is 2.62. The molecule has 0 spiro atoms. The molecule has 0 radical (unpaired) electrons. The van der Waals surface area contributed by atoms with E-state index in [0.717, 1.165) is 11.4 Å². The Kier molecular flexibility index (Phi) is 5.80. The number of urea groups is 1. The second-order valence-electron chi connectivity index (χ2n) is 5.63. The van der Waals surface area contributed by atoms with Gasteiger partial charge in [0.25, 0.3) is 0 Å². The minimum Gasteiger partial charge on any atom is -0.497 e. The molecule has 0 aliphatic heterocycles. The molecule has 1 aromatic heterocycles. The second kappa shape index (κ2) is 8.44. The van der Waals surface area contributed by atoms with E-state index >= 15 is 0 Å². The summed E-state index contributed by atoms with van der Waals surface area (Å²) in [5, 5.41) is 15.2. The maximum absolute atomic E-state index is 12.2. The van der Waals surface area contributed by atoms with E-state index in [2.05, 4.69) is 39.9 Å². The number of nitrogens with zero attached hydrogens (tertiary/aromatic N) is 2. The topological polar surface area (TPSA) is 76.1 Å². The number of hydrogen-bond donors (Lipinski definition) is 2.